The van der Waals surface area contributed by atoms with Crippen molar-refractivity contribution < 1.29 is 4.79 Å². The van der Waals surface area contributed by atoms with E-state index in [9.17, 15) is 4.79 Å². The molecular weight excluding hydrogens is 210 g/mol. The topological polar surface area (TPSA) is 65.0 Å². The Bertz CT molecular complexity index is 263. The van der Waals surface area contributed by atoms with Crippen LogP contribution in [0.3, 0.4) is 0 Å². The average Bonchev–Trinajstić information content (AvgIpc) is 2.66. The molecule has 1 saturated carbocycles. The molecule has 0 aromatic heterocycles. The van der Waals surface area contributed by atoms with Gasteiger partial charge in [-0.1, -0.05) is 31.0 Å². The average molecular weight is 227 g/mol. The molecule has 0 aromatic carbocycles. The minimum Gasteiger partial charge on any atom is -0.353 e. The lowest BCUT2D eigenvalue weighted by molar-refractivity contribution is -0.123. The van der Waals surface area contributed by atoms with Gasteiger partial charge in [0.15, 0.2) is 5.17 Å². The molecule has 1 heterocycles. The summed E-state index contributed by atoms with van der Waals surface area (Å²) in [5, 5.41) is 13.7. The summed E-state index contributed by atoms with van der Waals surface area (Å²) in [6.45, 7) is 0. The van der Waals surface area contributed by atoms with E-state index in [2.05, 4.69) is 10.6 Å². The van der Waals surface area contributed by atoms with Crippen molar-refractivity contribution in [1.82, 2.24) is 10.6 Å². The second kappa shape index (κ2) is 4.88. The number of amidine groups is 1. The van der Waals surface area contributed by atoms with Crippen LogP contribution in [0, 0.1) is 5.41 Å². The summed E-state index contributed by atoms with van der Waals surface area (Å²) >= 11 is 1.41. The van der Waals surface area contributed by atoms with E-state index in [1.165, 1.54) is 31.0 Å². The highest BCUT2D eigenvalue weighted by Gasteiger charge is 2.27. The van der Waals surface area contributed by atoms with Crippen molar-refractivity contribution >= 4 is 22.8 Å². The van der Waals surface area contributed by atoms with Crippen LogP contribution < -0.4 is 10.6 Å². The summed E-state index contributed by atoms with van der Waals surface area (Å²) in [5.74, 6) is 0.758. The number of rotatable bonds is 2. The van der Waals surface area contributed by atoms with Crippen LogP contribution in [-0.4, -0.2) is 28.9 Å². The molecule has 2 fully saturated rings. The summed E-state index contributed by atoms with van der Waals surface area (Å²) in [6, 6.07) is 0.178. The number of nitrogens with one attached hydrogen (secondary N) is 3. The van der Waals surface area contributed by atoms with E-state index in [1.54, 1.807) is 0 Å². The van der Waals surface area contributed by atoms with Gasteiger partial charge >= 0.3 is 0 Å². The van der Waals surface area contributed by atoms with Crippen LogP contribution in [0.25, 0.3) is 0 Å². The molecule has 0 bridgehead atoms. The fourth-order valence-corrected chi connectivity index (χ4v) is 2.89. The Hall–Kier alpha value is -0.710. The Morgan fingerprint density at radius 2 is 2.13 bits per heavy atom. The lowest BCUT2D eigenvalue weighted by Crippen LogP contribution is -2.47. The highest BCUT2D eigenvalue weighted by atomic mass is 32.2. The van der Waals surface area contributed by atoms with Crippen molar-refractivity contribution in [2.75, 3.05) is 5.75 Å². The molecule has 0 aromatic rings. The minimum atomic E-state index is -0.190. The monoisotopic (exact) mass is 227 g/mol. The largest absolute Gasteiger partial charge is 0.353 e. The predicted octanol–water partition coefficient (Wildman–Crippen LogP) is 1.08. The number of carbonyl (C=O) groups excluding carboxylic acids is 1. The van der Waals surface area contributed by atoms with E-state index in [0.717, 1.165) is 12.8 Å². The number of thioether (sulfide) groups is 1. The Labute approximate surface area is 94.1 Å². The normalized spacial score (nSPS) is 27.5. The van der Waals surface area contributed by atoms with E-state index in [4.69, 9.17) is 5.41 Å². The molecule has 1 amide bonds. The predicted molar refractivity (Wildman–Crippen MR) is 62.1 cm³/mol. The lowest BCUT2D eigenvalue weighted by atomic mass is 9.95. The molecule has 1 unspecified atom stereocenters. The Morgan fingerprint density at radius 1 is 1.40 bits per heavy atom. The third-order valence-corrected chi connectivity index (χ3v) is 3.87. The number of hydrogen-bond donors (Lipinski definition) is 3. The van der Waals surface area contributed by atoms with Gasteiger partial charge in [0.2, 0.25) is 5.91 Å². The molecule has 0 spiro atoms. The van der Waals surface area contributed by atoms with Crippen LogP contribution in [-0.2, 0) is 4.79 Å². The van der Waals surface area contributed by atoms with Gasteiger partial charge in [-0.2, -0.15) is 0 Å². The fourth-order valence-electron chi connectivity index (χ4n) is 2.10. The van der Waals surface area contributed by atoms with E-state index < -0.39 is 0 Å². The molecule has 15 heavy (non-hydrogen) atoms. The Kier molecular flexibility index (Phi) is 3.51. The molecule has 5 heteroatoms. The van der Waals surface area contributed by atoms with Crippen LogP contribution in [0.4, 0.5) is 0 Å². The number of amides is 1. The molecule has 2 aliphatic rings. The first-order chi connectivity index (χ1) is 7.25. The molecule has 84 valence electrons. The SMILES string of the molecule is N=C1NC(C(=O)NC2CCCCC2)CS1. The molecule has 2 rings (SSSR count). The zero-order valence-electron chi connectivity index (χ0n) is 8.71. The van der Waals surface area contributed by atoms with Gasteiger partial charge in [0, 0.05) is 11.8 Å². The zero-order chi connectivity index (χ0) is 10.7. The molecule has 1 saturated heterocycles. The lowest BCUT2D eigenvalue weighted by Gasteiger charge is -2.24. The second-order valence-corrected chi connectivity index (χ2v) is 5.21. The molecule has 4 nitrogen and oxygen atoms in total. The molecule has 1 aliphatic carbocycles. The third kappa shape index (κ3) is 2.87. The minimum absolute atomic E-state index is 0.0663. The van der Waals surface area contributed by atoms with Crippen LogP contribution in [0.15, 0.2) is 0 Å². The third-order valence-electron chi connectivity index (χ3n) is 2.97. The first-order valence-corrected chi connectivity index (χ1v) is 6.52. The van der Waals surface area contributed by atoms with Crippen molar-refractivity contribution in [2.24, 2.45) is 0 Å². The summed E-state index contributed by atoms with van der Waals surface area (Å²) in [6.07, 6.45) is 5.99. The standard InChI is InChI=1S/C10H17N3OS/c11-10-13-8(6-15-10)9(14)12-7-4-2-1-3-5-7/h7-8H,1-6H2,(H2,11,13)(H,12,14). The maximum absolute atomic E-state index is 11.8. The van der Waals surface area contributed by atoms with E-state index >= 15 is 0 Å². The van der Waals surface area contributed by atoms with Gasteiger partial charge in [-0.3, -0.25) is 10.2 Å². The first kappa shape index (κ1) is 10.8. The van der Waals surface area contributed by atoms with Crippen LogP contribution in [0.1, 0.15) is 32.1 Å². The van der Waals surface area contributed by atoms with Crippen molar-refractivity contribution in [1.29, 1.82) is 5.41 Å². The fraction of sp³-hybridized carbons (Fsp3) is 0.800. The van der Waals surface area contributed by atoms with Crippen molar-refractivity contribution in [3.05, 3.63) is 0 Å². The maximum atomic E-state index is 11.8. The first-order valence-electron chi connectivity index (χ1n) is 5.54. The quantitative estimate of drug-likeness (QED) is 0.661. The van der Waals surface area contributed by atoms with Gasteiger partial charge in [-0.25, -0.2) is 0 Å². The molecular formula is C10H17N3OS. The van der Waals surface area contributed by atoms with Gasteiger partial charge in [-0.15, -0.1) is 0 Å². The number of carbonyl (C=O) groups is 1. The Balaban J connectivity index is 1.78. The van der Waals surface area contributed by atoms with Crippen LogP contribution in [0.2, 0.25) is 0 Å². The van der Waals surface area contributed by atoms with E-state index in [0.29, 0.717) is 17.0 Å². The Morgan fingerprint density at radius 3 is 2.73 bits per heavy atom. The van der Waals surface area contributed by atoms with Crippen molar-refractivity contribution in [3.63, 3.8) is 0 Å². The summed E-state index contributed by atoms with van der Waals surface area (Å²) in [4.78, 5) is 11.8. The summed E-state index contributed by atoms with van der Waals surface area (Å²) < 4.78 is 0. The maximum Gasteiger partial charge on any atom is 0.243 e. The van der Waals surface area contributed by atoms with E-state index in [1.807, 2.05) is 0 Å². The van der Waals surface area contributed by atoms with Gasteiger partial charge < -0.3 is 10.6 Å². The highest BCUT2D eigenvalue weighted by Crippen LogP contribution is 2.18. The second-order valence-electron chi connectivity index (χ2n) is 4.18. The van der Waals surface area contributed by atoms with Gasteiger partial charge in [-0.05, 0) is 12.8 Å². The van der Waals surface area contributed by atoms with Crippen molar-refractivity contribution in [2.45, 2.75) is 44.2 Å². The van der Waals surface area contributed by atoms with Crippen LogP contribution in [0.5, 0.6) is 0 Å². The highest BCUT2D eigenvalue weighted by molar-refractivity contribution is 8.14. The molecule has 1 atom stereocenters. The zero-order valence-corrected chi connectivity index (χ0v) is 9.53. The van der Waals surface area contributed by atoms with Gasteiger partial charge in [0.1, 0.15) is 6.04 Å². The van der Waals surface area contributed by atoms with Crippen LogP contribution >= 0.6 is 11.8 Å². The summed E-state index contributed by atoms with van der Waals surface area (Å²) in [5.41, 5.74) is 0. The number of hydrogen-bond acceptors (Lipinski definition) is 3. The van der Waals surface area contributed by atoms with E-state index in [-0.39, 0.29) is 11.9 Å². The smallest absolute Gasteiger partial charge is 0.243 e. The van der Waals surface area contributed by atoms with Crippen molar-refractivity contribution in [3.8, 4) is 0 Å². The van der Waals surface area contributed by atoms with Gasteiger partial charge in [0.25, 0.3) is 0 Å². The molecule has 3 N–H and O–H groups in total. The summed E-state index contributed by atoms with van der Waals surface area (Å²) in [7, 11) is 0. The molecule has 1 aliphatic heterocycles. The van der Waals surface area contributed by atoms with Gasteiger partial charge in [0.05, 0.1) is 0 Å². The molecule has 0 radical (unpaired) electrons.